The second-order valence-corrected chi connectivity index (χ2v) is 7.13. The first-order chi connectivity index (χ1) is 9.04. The fourth-order valence-corrected chi connectivity index (χ4v) is 4.89. The highest BCUT2D eigenvalue weighted by molar-refractivity contribution is 9.11. The van der Waals surface area contributed by atoms with Gasteiger partial charge in [-0.05, 0) is 63.4 Å². The van der Waals surface area contributed by atoms with Crippen LogP contribution in [-0.2, 0) is 4.79 Å². The van der Waals surface area contributed by atoms with E-state index in [0.717, 1.165) is 45.0 Å². The second-order valence-electron chi connectivity index (χ2n) is 4.50. The van der Waals surface area contributed by atoms with E-state index in [4.69, 9.17) is 0 Å². The van der Waals surface area contributed by atoms with Gasteiger partial charge in [-0.2, -0.15) is 0 Å². The number of nitrogens with zero attached hydrogens (tertiary/aromatic N) is 1. The summed E-state index contributed by atoms with van der Waals surface area (Å²) in [7, 11) is 0. The molecule has 0 spiro atoms. The van der Waals surface area contributed by atoms with Gasteiger partial charge in [0.15, 0.2) is 0 Å². The van der Waals surface area contributed by atoms with Crippen LogP contribution in [0.15, 0.2) is 25.6 Å². The van der Waals surface area contributed by atoms with Crippen LogP contribution in [0.4, 0.5) is 5.69 Å². The molecule has 3 nitrogen and oxygen atoms in total. The fraction of sp³-hybridized carbons (Fsp3) is 0.462. The normalized spacial score (nSPS) is 19.3. The summed E-state index contributed by atoms with van der Waals surface area (Å²) in [6.45, 7) is 3.73. The van der Waals surface area contributed by atoms with Crippen molar-refractivity contribution < 1.29 is 4.79 Å². The molecule has 0 bridgehead atoms. The minimum absolute atomic E-state index is 0.0533. The molecular weight excluding hydrogens is 440 g/mol. The highest BCUT2D eigenvalue weighted by Gasteiger charge is 2.33. The van der Waals surface area contributed by atoms with Crippen LogP contribution in [-0.4, -0.2) is 25.0 Å². The van der Waals surface area contributed by atoms with Gasteiger partial charge < -0.3 is 10.2 Å². The number of halogens is 3. The summed E-state index contributed by atoms with van der Waals surface area (Å²) in [5, 5.41) is 3.30. The van der Waals surface area contributed by atoms with Gasteiger partial charge >= 0.3 is 0 Å². The zero-order valence-corrected chi connectivity index (χ0v) is 15.3. The number of amides is 1. The quantitative estimate of drug-likeness (QED) is 0.743. The predicted octanol–water partition coefficient (Wildman–Crippen LogP) is 4.08. The van der Waals surface area contributed by atoms with Crippen LogP contribution in [0, 0.1) is 0 Å². The Morgan fingerprint density at radius 2 is 1.95 bits per heavy atom. The largest absolute Gasteiger partial charge is 0.309 e. The number of hydrogen-bond donors (Lipinski definition) is 1. The standard InChI is InChI=1S/C13H15Br3N2O/c1-2-4-17-11-3-5-18(13(11)19)12-9(15)6-8(14)7-10(12)16/h6-7,11,17H,2-5H2,1H3. The van der Waals surface area contributed by atoms with E-state index < -0.39 is 0 Å². The third-order valence-corrected chi connectivity index (χ3v) is 4.76. The average Bonchev–Trinajstić information content (AvgIpc) is 2.68. The predicted molar refractivity (Wildman–Crippen MR) is 88.6 cm³/mol. The molecule has 1 heterocycles. The molecule has 1 fully saturated rings. The molecular formula is C13H15Br3N2O. The molecule has 0 saturated carbocycles. The van der Waals surface area contributed by atoms with Crippen molar-refractivity contribution in [2.24, 2.45) is 0 Å². The lowest BCUT2D eigenvalue weighted by molar-refractivity contribution is -0.118. The highest BCUT2D eigenvalue weighted by Crippen LogP contribution is 2.38. The Hall–Kier alpha value is 0.0900. The molecule has 2 rings (SSSR count). The number of carbonyl (C=O) groups excluding carboxylic acids is 1. The maximum Gasteiger partial charge on any atom is 0.244 e. The zero-order chi connectivity index (χ0) is 14.0. The summed E-state index contributed by atoms with van der Waals surface area (Å²) >= 11 is 10.5. The van der Waals surface area contributed by atoms with Crippen LogP contribution < -0.4 is 10.2 Å². The lowest BCUT2D eigenvalue weighted by Crippen LogP contribution is -2.38. The Kier molecular flexibility index (Phi) is 5.45. The minimum Gasteiger partial charge on any atom is -0.309 e. The number of carbonyl (C=O) groups is 1. The number of rotatable bonds is 4. The van der Waals surface area contributed by atoms with Gasteiger partial charge in [0.05, 0.1) is 11.7 Å². The van der Waals surface area contributed by atoms with Crippen molar-refractivity contribution >= 4 is 59.4 Å². The molecule has 1 unspecified atom stereocenters. The van der Waals surface area contributed by atoms with Crippen LogP contribution in [0.1, 0.15) is 19.8 Å². The van der Waals surface area contributed by atoms with Gasteiger partial charge in [-0.15, -0.1) is 0 Å². The number of hydrogen-bond acceptors (Lipinski definition) is 2. The van der Waals surface area contributed by atoms with Gasteiger partial charge in [-0.25, -0.2) is 0 Å². The SMILES string of the molecule is CCCNC1CCN(c2c(Br)cc(Br)cc2Br)C1=O. The third-order valence-electron chi connectivity index (χ3n) is 3.10. The van der Waals surface area contributed by atoms with E-state index in [1.807, 2.05) is 17.0 Å². The van der Waals surface area contributed by atoms with E-state index in [2.05, 4.69) is 60.0 Å². The number of anilines is 1. The molecule has 1 aliphatic rings. The van der Waals surface area contributed by atoms with Crippen molar-refractivity contribution in [2.75, 3.05) is 18.0 Å². The van der Waals surface area contributed by atoms with Gasteiger partial charge in [0, 0.05) is 20.0 Å². The van der Waals surface area contributed by atoms with E-state index in [0.29, 0.717) is 0 Å². The van der Waals surface area contributed by atoms with Crippen LogP contribution in [0.5, 0.6) is 0 Å². The van der Waals surface area contributed by atoms with E-state index >= 15 is 0 Å². The molecule has 104 valence electrons. The topological polar surface area (TPSA) is 32.3 Å². The zero-order valence-electron chi connectivity index (χ0n) is 10.5. The van der Waals surface area contributed by atoms with Crippen LogP contribution in [0.25, 0.3) is 0 Å². The Labute approximate surface area is 138 Å². The first kappa shape index (κ1) is 15.5. The molecule has 0 aromatic heterocycles. The molecule has 1 N–H and O–H groups in total. The second kappa shape index (κ2) is 6.70. The number of benzene rings is 1. The lowest BCUT2D eigenvalue weighted by Gasteiger charge is -2.20. The molecule has 1 amide bonds. The maximum absolute atomic E-state index is 12.4. The average molecular weight is 455 g/mol. The Bertz CT molecular complexity index is 470. The first-order valence-electron chi connectivity index (χ1n) is 6.24. The first-order valence-corrected chi connectivity index (χ1v) is 8.61. The monoisotopic (exact) mass is 452 g/mol. The van der Waals surface area contributed by atoms with Gasteiger partial charge in [0.1, 0.15) is 0 Å². The molecule has 1 aromatic carbocycles. The van der Waals surface area contributed by atoms with E-state index in [1.54, 1.807) is 0 Å². The molecule has 0 aliphatic carbocycles. The van der Waals surface area contributed by atoms with Crippen molar-refractivity contribution in [3.8, 4) is 0 Å². The summed E-state index contributed by atoms with van der Waals surface area (Å²) in [6, 6.07) is 3.86. The number of nitrogens with one attached hydrogen (secondary N) is 1. The molecule has 0 radical (unpaired) electrons. The highest BCUT2D eigenvalue weighted by atomic mass is 79.9. The summed E-state index contributed by atoms with van der Waals surface area (Å²) in [6.07, 6.45) is 1.89. The van der Waals surface area contributed by atoms with Crippen molar-refractivity contribution in [3.05, 3.63) is 25.6 Å². The Morgan fingerprint density at radius 3 is 2.53 bits per heavy atom. The Balaban J connectivity index is 2.22. The van der Waals surface area contributed by atoms with Gasteiger partial charge in [-0.1, -0.05) is 22.9 Å². The van der Waals surface area contributed by atoms with Crippen molar-refractivity contribution in [2.45, 2.75) is 25.8 Å². The van der Waals surface area contributed by atoms with Crippen LogP contribution in [0.2, 0.25) is 0 Å². The van der Waals surface area contributed by atoms with E-state index in [1.165, 1.54) is 0 Å². The van der Waals surface area contributed by atoms with Crippen LogP contribution in [0.3, 0.4) is 0 Å². The van der Waals surface area contributed by atoms with Gasteiger partial charge in [0.25, 0.3) is 0 Å². The molecule has 1 atom stereocenters. The van der Waals surface area contributed by atoms with Gasteiger partial charge in [-0.3, -0.25) is 4.79 Å². The van der Waals surface area contributed by atoms with Crippen LogP contribution >= 0.6 is 47.8 Å². The van der Waals surface area contributed by atoms with Crippen molar-refractivity contribution in [1.82, 2.24) is 5.32 Å². The maximum atomic E-state index is 12.4. The third kappa shape index (κ3) is 3.40. The molecule has 1 aromatic rings. The fourth-order valence-electron chi connectivity index (χ4n) is 2.20. The minimum atomic E-state index is -0.0533. The van der Waals surface area contributed by atoms with E-state index in [-0.39, 0.29) is 11.9 Å². The van der Waals surface area contributed by atoms with E-state index in [9.17, 15) is 4.79 Å². The Morgan fingerprint density at radius 1 is 1.32 bits per heavy atom. The molecule has 1 aliphatic heterocycles. The smallest absolute Gasteiger partial charge is 0.244 e. The van der Waals surface area contributed by atoms with Gasteiger partial charge in [0.2, 0.25) is 5.91 Å². The molecule has 19 heavy (non-hydrogen) atoms. The van der Waals surface area contributed by atoms with Crippen molar-refractivity contribution in [3.63, 3.8) is 0 Å². The lowest BCUT2D eigenvalue weighted by atomic mass is 10.2. The summed E-state index contributed by atoms with van der Waals surface area (Å²) in [5.74, 6) is 0.150. The molecule has 6 heteroatoms. The molecule has 1 saturated heterocycles. The summed E-state index contributed by atoms with van der Waals surface area (Å²) in [5.41, 5.74) is 0.911. The summed E-state index contributed by atoms with van der Waals surface area (Å²) in [4.78, 5) is 14.3. The van der Waals surface area contributed by atoms with Crippen molar-refractivity contribution in [1.29, 1.82) is 0 Å². The summed E-state index contributed by atoms with van der Waals surface area (Å²) < 4.78 is 2.80.